The summed E-state index contributed by atoms with van der Waals surface area (Å²) in [6.45, 7) is 7.24. The number of Topliss-reactive ketones (excluding diaryl/α,β-unsaturated/α-hetero) is 1. The van der Waals surface area contributed by atoms with Crippen molar-refractivity contribution in [1.29, 1.82) is 0 Å². The van der Waals surface area contributed by atoms with Crippen LogP contribution in [0.2, 0.25) is 0 Å². The van der Waals surface area contributed by atoms with E-state index in [9.17, 15) is 9.59 Å². The third-order valence-electron chi connectivity index (χ3n) is 5.76. The van der Waals surface area contributed by atoms with E-state index in [1.54, 1.807) is 19.3 Å². The van der Waals surface area contributed by atoms with Gasteiger partial charge in [0.15, 0.2) is 5.78 Å². The quantitative estimate of drug-likeness (QED) is 0.637. The zero-order valence-corrected chi connectivity index (χ0v) is 17.1. The number of amides is 1. The molecule has 0 spiro atoms. The molecule has 0 atom stereocenters. The van der Waals surface area contributed by atoms with Crippen LogP contribution in [0.15, 0.2) is 30.6 Å². The molecular formula is C23H26N4O2. The van der Waals surface area contributed by atoms with Gasteiger partial charge < -0.3 is 15.2 Å². The molecule has 0 unspecified atom stereocenters. The van der Waals surface area contributed by atoms with Crippen LogP contribution in [-0.4, -0.2) is 34.7 Å². The normalized spacial score (nSPS) is 14.2. The van der Waals surface area contributed by atoms with Crippen molar-refractivity contribution in [3.63, 3.8) is 0 Å². The molecule has 29 heavy (non-hydrogen) atoms. The fourth-order valence-electron chi connectivity index (χ4n) is 4.38. The van der Waals surface area contributed by atoms with E-state index < -0.39 is 0 Å². The lowest BCUT2D eigenvalue weighted by molar-refractivity contribution is 0.101. The Kier molecular flexibility index (Phi) is 5.09. The molecule has 3 heterocycles. The number of anilines is 2. The molecule has 0 bridgehead atoms. The Morgan fingerprint density at radius 3 is 2.52 bits per heavy atom. The number of fused-ring (bicyclic) bond motifs is 1. The van der Waals surface area contributed by atoms with Crippen molar-refractivity contribution >= 4 is 33.8 Å². The van der Waals surface area contributed by atoms with Gasteiger partial charge in [-0.25, -0.2) is 0 Å². The Balaban J connectivity index is 1.70. The van der Waals surface area contributed by atoms with Crippen LogP contribution in [0.4, 0.5) is 11.4 Å². The number of aromatic nitrogens is 2. The van der Waals surface area contributed by atoms with Crippen molar-refractivity contribution in [3.8, 4) is 0 Å². The van der Waals surface area contributed by atoms with Gasteiger partial charge >= 0.3 is 0 Å². The van der Waals surface area contributed by atoms with E-state index in [-0.39, 0.29) is 11.7 Å². The van der Waals surface area contributed by atoms with E-state index in [4.69, 9.17) is 0 Å². The van der Waals surface area contributed by atoms with Crippen LogP contribution >= 0.6 is 0 Å². The molecule has 3 aromatic rings. The minimum atomic E-state index is -0.256. The number of aryl methyl sites for hydroxylation is 1. The number of nitrogens with zero attached hydrogens (tertiary/aromatic N) is 2. The summed E-state index contributed by atoms with van der Waals surface area (Å²) < 4.78 is 0. The first kappa shape index (κ1) is 19.2. The van der Waals surface area contributed by atoms with Gasteiger partial charge in [0.1, 0.15) is 5.69 Å². The van der Waals surface area contributed by atoms with Crippen LogP contribution in [0.5, 0.6) is 0 Å². The van der Waals surface area contributed by atoms with Crippen molar-refractivity contribution in [3.05, 3.63) is 53.1 Å². The third-order valence-corrected chi connectivity index (χ3v) is 5.76. The van der Waals surface area contributed by atoms with Crippen LogP contribution in [0.3, 0.4) is 0 Å². The van der Waals surface area contributed by atoms with Crippen molar-refractivity contribution in [1.82, 2.24) is 9.97 Å². The van der Waals surface area contributed by atoms with E-state index in [2.05, 4.69) is 26.3 Å². The van der Waals surface area contributed by atoms with Crippen molar-refractivity contribution in [2.75, 3.05) is 23.3 Å². The van der Waals surface area contributed by atoms with Gasteiger partial charge in [0.05, 0.1) is 5.69 Å². The van der Waals surface area contributed by atoms with Crippen LogP contribution in [-0.2, 0) is 0 Å². The molecule has 4 rings (SSSR count). The molecule has 1 saturated heterocycles. The van der Waals surface area contributed by atoms with Gasteiger partial charge in [0.2, 0.25) is 0 Å². The summed E-state index contributed by atoms with van der Waals surface area (Å²) in [5.74, 6) is -0.301. The van der Waals surface area contributed by atoms with E-state index in [1.807, 2.05) is 19.1 Å². The first-order valence-corrected chi connectivity index (χ1v) is 10.1. The summed E-state index contributed by atoms with van der Waals surface area (Å²) in [6.07, 6.45) is 7.27. The molecule has 0 aliphatic carbocycles. The lowest BCUT2D eigenvalue weighted by Crippen LogP contribution is -2.29. The standard InChI is InChI=1S/C23H26N4O2/c1-14-21(16(3)28)15(2)25-22(14)23(29)26-19-7-8-20(27-11-5-4-6-12-27)17-9-10-24-13-18(17)19/h7-10,13,25H,4-6,11-12H2,1-3H3,(H,26,29). The van der Waals surface area contributed by atoms with Gasteiger partial charge in [-0.15, -0.1) is 0 Å². The van der Waals surface area contributed by atoms with Gasteiger partial charge in [-0.3, -0.25) is 14.6 Å². The summed E-state index contributed by atoms with van der Waals surface area (Å²) in [5.41, 5.74) is 4.31. The Hall–Kier alpha value is -3.15. The number of benzene rings is 1. The Bertz CT molecular complexity index is 1090. The summed E-state index contributed by atoms with van der Waals surface area (Å²) in [4.78, 5) is 34.6. The SMILES string of the molecule is CC(=O)c1c(C)[nH]c(C(=O)Nc2ccc(N3CCCCC3)c3ccncc23)c1C. The van der Waals surface area contributed by atoms with Crippen LogP contribution in [0.1, 0.15) is 58.3 Å². The summed E-state index contributed by atoms with van der Waals surface area (Å²) >= 11 is 0. The number of hydrogen-bond donors (Lipinski definition) is 2. The van der Waals surface area contributed by atoms with Gasteiger partial charge in [-0.2, -0.15) is 0 Å². The molecule has 1 aliphatic rings. The number of H-pyrrole nitrogens is 1. The first-order valence-electron chi connectivity index (χ1n) is 10.1. The van der Waals surface area contributed by atoms with Crippen molar-refractivity contribution in [2.24, 2.45) is 0 Å². The highest BCUT2D eigenvalue weighted by Gasteiger charge is 2.21. The molecule has 1 fully saturated rings. The number of pyridine rings is 1. The van der Waals surface area contributed by atoms with E-state index >= 15 is 0 Å². The molecule has 2 aromatic heterocycles. The summed E-state index contributed by atoms with van der Waals surface area (Å²) in [7, 11) is 0. The lowest BCUT2D eigenvalue weighted by atomic mass is 10.0. The molecule has 0 radical (unpaired) electrons. The van der Waals surface area contributed by atoms with Crippen molar-refractivity contribution < 1.29 is 9.59 Å². The Morgan fingerprint density at radius 2 is 1.83 bits per heavy atom. The van der Waals surface area contributed by atoms with E-state index in [0.29, 0.717) is 22.5 Å². The maximum absolute atomic E-state index is 13.0. The molecule has 6 heteroatoms. The minimum absolute atomic E-state index is 0.0455. The highest BCUT2D eigenvalue weighted by atomic mass is 16.2. The number of hydrogen-bond acceptors (Lipinski definition) is 4. The molecule has 6 nitrogen and oxygen atoms in total. The third kappa shape index (κ3) is 3.50. The number of aromatic amines is 1. The van der Waals surface area contributed by atoms with Crippen LogP contribution < -0.4 is 10.2 Å². The predicted molar refractivity (Wildman–Crippen MR) is 116 cm³/mol. The summed E-state index contributed by atoms with van der Waals surface area (Å²) in [5, 5.41) is 5.01. The van der Waals surface area contributed by atoms with Gasteiger partial charge in [0.25, 0.3) is 5.91 Å². The number of carbonyl (C=O) groups is 2. The zero-order chi connectivity index (χ0) is 20.5. The smallest absolute Gasteiger partial charge is 0.272 e. The average molecular weight is 390 g/mol. The number of nitrogens with one attached hydrogen (secondary N) is 2. The summed E-state index contributed by atoms with van der Waals surface area (Å²) in [6, 6.07) is 6.03. The van der Waals surface area contributed by atoms with Gasteiger partial charge in [-0.1, -0.05) is 0 Å². The Morgan fingerprint density at radius 1 is 1.07 bits per heavy atom. The predicted octanol–water partition coefficient (Wildman–Crippen LogP) is 4.62. The van der Waals surface area contributed by atoms with E-state index in [0.717, 1.165) is 29.5 Å². The number of ketones is 1. The van der Waals surface area contributed by atoms with Crippen molar-refractivity contribution in [2.45, 2.75) is 40.0 Å². The number of rotatable bonds is 4. The van der Waals surface area contributed by atoms with Gasteiger partial charge in [-0.05, 0) is 63.8 Å². The topological polar surface area (TPSA) is 78.1 Å². The fourth-order valence-corrected chi connectivity index (χ4v) is 4.38. The minimum Gasteiger partial charge on any atom is -0.371 e. The molecule has 150 valence electrons. The highest BCUT2D eigenvalue weighted by Crippen LogP contribution is 2.33. The lowest BCUT2D eigenvalue weighted by Gasteiger charge is -2.30. The zero-order valence-electron chi connectivity index (χ0n) is 17.1. The second-order valence-electron chi connectivity index (χ2n) is 7.74. The highest BCUT2D eigenvalue weighted by molar-refractivity contribution is 6.12. The fraction of sp³-hybridized carbons (Fsp3) is 0.348. The van der Waals surface area contributed by atoms with Crippen LogP contribution in [0, 0.1) is 13.8 Å². The molecule has 1 aromatic carbocycles. The van der Waals surface area contributed by atoms with Crippen LogP contribution in [0.25, 0.3) is 10.8 Å². The molecule has 2 N–H and O–H groups in total. The van der Waals surface area contributed by atoms with Gasteiger partial charge in [0, 0.05) is 53.2 Å². The average Bonchev–Trinajstić information content (AvgIpc) is 3.03. The molecular weight excluding hydrogens is 364 g/mol. The molecule has 1 aliphatic heterocycles. The first-order chi connectivity index (χ1) is 14.0. The largest absolute Gasteiger partial charge is 0.371 e. The monoisotopic (exact) mass is 390 g/mol. The second kappa shape index (κ2) is 7.70. The number of piperidine rings is 1. The second-order valence-corrected chi connectivity index (χ2v) is 7.74. The molecule has 0 saturated carbocycles. The maximum Gasteiger partial charge on any atom is 0.272 e. The maximum atomic E-state index is 13.0. The Labute approximate surface area is 170 Å². The van der Waals surface area contributed by atoms with E-state index in [1.165, 1.54) is 31.9 Å². The number of carbonyl (C=O) groups excluding carboxylic acids is 2. The molecule has 1 amide bonds.